The molecule has 13 heavy (non-hydrogen) atoms. The number of nitrogens with two attached hydrogens (primary N) is 1. The molecule has 1 aromatic rings. The number of ether oxygens (including phenoxy) is 1. The van der Waals surface area contributed by atoms with Crippen molar-refractivity contribution in [2.24, 2.45) is 5.73 Å². The summed E-state index contributed by atoms with van der Waals surface area (Å²) in [5, 5.41) is 0. The van der Waals surface area contributed by atoms with Crippen LogP contribution in [0.5, 0.6) is 5.75 Å². The molecule has 0 radical (unpaired) electrons. The van der Waals surface area contributed by atoms with Crippen LogP contribution in [0.1, 0.15) is 23.6 Å². The van der Waals surface area contributed by atoms with Crippen LogP contribution < -0.4 is 10.5 Å². The van der Waals surface area contributed by atoms with E-state index in [0.717, 1.165) is 12.0 Å². The second kappa shape index (κ2) is 3.00. The van der Waals surface area contributed by atoms with Gasteiger partial charge in [0.1, 0.15) is 11.6 Å². The molecular weight excluding hydrogens is 169 g/mol. The summed E-state index contributed by atoms with van der Waals surface area (Å²) in [5.41, 5.74) is 7.41. The molecule has 0 unspecified atom stereocenters. The molecule has 0 amide bonds. The van der Waals surface area contributed by atoms with Crippen molar-refractivity contribution in [3.05, 3.63) is 29.1 Å². The van der Waals surface area contributed by atoms with Crippen molar-refractivity contribution >= 4 is 0 Å². The summed E-state index contributed by atoms with van der Waals surface area (Å²) >= 11 is 0. The monoisotopic (exact) mass is 181 g/mol. The third-order valence-electron chi connectivity index (χ3n) is 2.38. The molecule has 70 valence electrons. The summed E-state index contributed by atoms with van der Waals surface area (Å²) in [7, 11) is 0. The summed E-state index contributed by atoms with van der Waals surface area (Å²) in [6.07, 6.45) is 0.804. The van der Waals surface area contributed by atoms with Gasteiger partial charge >= 0.3 is 0 Å². The fourth-order valence-corrected chi connectivity index (χ4v) is 1.55. The van der Waals surface area contributed by atoms with E-state index in [1.165, 1.54) is 6.07 Å². The van der Waals surface area contributed by atoms with Gasteiger partial charge in [-0.05, 0) is 18.6 Å². The molecule has 0 saturated heterocycles. The van der Waals surface area contributed by atoms with Crippen LogP contribution in [-0.2, 0) is 0 Å². The van der Waals surface area contributed by atoms with Gasteiger partial charge in [0.05, 0.1) is 6.61 Å². The Kier molecular flexibility index (Phi) is 1.96. The van der Waals surface area contributed by atoms with Crippen LogP contribution in [0.4, 0.5) is 4.39 Å². The van der Waals surface area contributed by atoms with Crippen molar-refractivity contribution in [2.75, 3.05) is 6.61 Å². The van der Waals surface area contributed by atoms with Crippen LogP contribution in [-0.4, -0.2) is 6.61 Å². The topological polar surface area (TPSA) is 35.2 Å². The lowest BCUT2D eigenvalue weighted by molar-refractivity contribution is 0.267. The van der Waals surface area contributed by atoms with Crippen LogP contribution in [0.15, 0.2) is 12.1 Å². The second-order valence-electron chi connectivity index (χ2n) is 3.38. The SMILES string of the molecule is Cc1cc2c(cc1F)OCC[C@H]2N. The van der Waals surface area contributed by atoms with E-state index in [1.54, 1.807) is 13.0 Å². The van der Waals surface area contributed by atoms with Crippen LogP contribution in [0, 0.1) is 12.7 Å². The van der Waals surface area contributed by atoms with E-state index in [-0.39, 0.29) is 11.9 Å². The minimum absolute atomic E-state index is 0.0111. The third kappa shape index (κ3) is 1.40. The Morgan fingerprint density at radius 1 is 1.54 bits per heavy atom. The van der Waals surface area contributed by atoms with Gasteiger partial charge in [0.2, 0.25) is 0 Å². The maximum atomic E-state index is 13.1. The molecule has 1 aliphatic heterocycles. The Balaban J connectivity index is 2.52. The summed E-state index contributed by atoms with van der Waals surface area (Å²) < 4.78 is 18.4. The normalized spacial score (nSPS) is 20.7. The van der Waals surface area contributed by atoms with Crippen molar-refractivity contribution in [3.63, 3.8) is 0 Å². The van der Waals surface area contributed by atoms with Gasteiger partial charge in [0.15, 0.2) is 0 Å². The van der Waals surface area contributed by atoms with Gasteiger partial charge < -0.3 is 10.5 Å². The molecular formula is C10H12FNO. The fraction of sp³-hybridized carbons (Fsp3) is 0.400. The number of benzene rings is 1. The molecule has 0 fully saturated rings. The van der Waals surface area contributed by atoms with Gasteiger partial charge in [0.25, 0.3) is 0 Å². The number of aryl methyl sites for hydroxylation is 1. The minimum Gasteiger partial charge on any atom is -0.493 e. The molecule has 1 aromatic carbocycles. The molecule has 0 spiro atoms. The van der Waals surface area contributed by atoms with Gasteiger partial charge in [-0.15, -0.1) is 0 Å². The van der Waals surface area contributed by atoms with Crippen molar-refractivity contribution in [2.45, 2.75) is 19.4 Å². The zero-order valence-corrected chi connectivity index (χ0v) is 7.51. The highest BCUT2D eigenvalue weighted by atomic mass is 19.1. The standard InChI is InChI=1S/C10H12FNO/c1-6-4-7-9(12)2-3-13-10(7)5-8(6)11/h4-5,9H,2-3,12H2,1H3/t9-/m1/s1. The molecule has 0 aliphatic carbocycles. The average molecular weight is 181 g/mol. The Hall–Kier alpha value is -1.09. The average Bonchev–Trinajstić information content (AvgIpc) is 2.09. The molecule has 0 aromatic heterocycles. The highest BCUT2D eigenvalue weighted by Crippen LogP contribution is 2.32. The van der Waals surface area contributed by atoms with Crippen molar-refractivity contribution in [3.8, 4) is 5.75 Å². The first-order valence-electron chi connectivity index (χ1n) is 4.37. The lowest BCUT2D eigenvalue weighted by Crippen LogP contribution is -2.20. The van der Waals surface area contributed by atoms with E-state index in [4.69, 9.17) is 10.5 Å². The van der Waals surface area contributed by atoms with Gasteiger partial charge in [0, 0.05) is 24.1 Å². The molecule has 2 nitrogen and oxygen atoms in total. The zero-order valence-electron chi connectivity index (χ0n) is 7.51. The second-order valence-corrected chi connectivity index (χ2v) is 3.38. The molecule has 3 heteroatoms. The molecule has 0 bridgehead atoms. The number of hydrogen-bond acceptors (Lipinski definition) is 2. The Labute approximate surface area is 76.5 Å². The van der Waals surface area contributed by atoms with Crippen molar-refractivity contribution < 1.29 is 9.13 Å². The van der Waals surface area contributed by atoms with E-state index in [0.29, 0.717) is 17.9 Å². The molecule has 1 aliphatic rings. The first-order chi connectivity index (χ1) is 6.18. The summed E-state index contributed by atoms with van der Waals surface area (Å²) in [4.78, 5) is 0. The van der Waals surface area contributed by atoms with Gasteiger partial charge in [-0.25, -0.2) is 4.39 Å². The van der Waals surface area contributed by atoms with Gasteiger partial charge in [-0.1, -0.05) is 0 Å². The highest BCUT2D eigenvalue weighted by Gasteiger charge is 2.19. The van der Waals surface area contributed by atoms with E-state index < -0.39 is 0 Å². The number of halogens is 1. The summed E-state index contributed by atoms with van der Waals surface area (Å²) in [6.45, 7) is 2.31. The first kappa shape index (κ1) is 8.51. The first-order valence-corrected chi connectivity index (χ1v) is 4.37. The summed E-state index contributed by atoms with van der Waals surface area (Å²) in [5.74, 6) is 0.370. The van der Waals surface area contributed by atoms with Crippen LogP contribution >= 0.6 is 0 Å². The predicted octanol–water partition coefficient (Wildman–Crippen LogP) is 1.92. The Morgan fingerprint density at radius 3 is 3.08 bits per heavy atom. The van der Waals surface area contributed by atoms with Crippen LogP contribution in [0.2, 0.25) is 0 Å². The maximum absolute atomic E-state index is 13.1. The van der Waals surface area contributed by atoms with E-state index in [9.17, 15) is 4.39 Å². The lowest BCUT2D eigenvalue weighted by atomic mass is 9.99. The fourth-order valence-electron chi connectivity index (χ4n) is 1.55. The van der Waals surface area contributed by atoms with Gasteiger partial charge in [-0.3, -0.25) is 0 Å². The zero-order chi connectivity index (χ0) is 9.42. The molecule has 2 rings (SSSR count). The largest absolute Gasteiger partial charge is 0.493 e. The quantitative estimate of drug-likeness (QED) is 0.663. The highest BCUT2D eigenvalue weighted by molar-refractivity contribution is 5.41. The lowest BCUT2D eigenvalue weighted by Gasteiger charge is -2.23. The van der Waals surface area contributed by atoms with E-state index in [2.05, 4.69) is 0 Å². The molecule has 1 atom stereocenters. The Bertz CT molecular complexity index is 338. The summed E-state index contributed by atoms with van der Waals surface area (Å²) in [6, 6.07) is 3.18. The smallest absolute Gasteiger partial charge is 0.129 e. The number of fused-ring (bicyclic) bond motifs is 1. The minimum atomic E-state index is -0.229. The molecule has 1 heterocycles. The molecule has 2 N–H and O–H groups in total. The third-order valence-corrected chi connectivity index (χ3v) is 2.38. The maximum Gasteiger partial charge on any atom is 0.129 e. The van der Waals surface area contributed by atoms with Crippen molar-refractivity contribution in [1.29, 1.82) is 0 Å². The van der Waals surface area contributed by atoms with E-state index in [1.807, 2.05) is 0 Å². The van der Waals surface area contributed by atoms with E-state index >= 15 is 0 Å². The van der Waals surface area contributed by atoms with Crippen molar-refractivity contribution in [1.82, 2.24) is 0 Å². The molecule has 0 saturated carbocycles. The predicted molar refractivity (Wildman–Crippen MR) is 48.2 cm³/mol. The number of hydrogen-bond donors (Lipinski definition) is 1. The van der Waals surface area contributed by atoms with Crippen LogP contribution in [0.25, 0.3) is 0 Å². The van der Waals surface area contributed by atoms with Gasteiger partial charge in [-0.2, -0.15) is 0 Å². The number of rotatable bonds is 0. The Morgan fingerprint density at radius 2 is 2.31 bits per heavy atom. The van der Waals surface area contributed by atoms with Crippen LogP contribution in [0.3, 0.4) is 0 Å².